The number of aliphatic hydroxyl groups excluding tert-OH is 1. The molecule has 0 rings (SSSR count). The van der Waals surface area contributed by atoms with E-state index >= 15 is 0 Å². The first-order chi connectivity index (χ1) is 4.63. The summed E-state index contributed by atoms with van der Waals surface area (Å²) in [6.07, 6.45) is -0.482. The largest absolute Gasteiger partial charge is 0.382 e. The molecule has 0 fully saturated rings. The van der Waals surface area contributed by atoms with E-state index in [2.05, 4.69) is 5.32 Å². The lowest BCUT2D eigenvalue weighted by atomic mass is 10.1. The number of rotatable bonds is 3. The SMILES string of the molecule is CCC(N)C(O)C(=O)NC. The van der Waals surface area contributed by atoms with Crippen molar-refractivity contribution in [2.75, 3.05) is 7.05 Å². The molecule has 0 aliphatic rings. The zero-order chi connectivity index (χ0) is 8.15. The summed E-state index contributed by atoms with van der Waals surface area (Å²) in [5.74, 6) is -0.422. The van der Waals surface area contributed by atoms with E-state index < -0.39 is 18.1 Å². The van der Waals surface area contributed by atoms with Crippen LogP contribution in [0.1, 0.15) is 13.3 Å². The van der Waals surface area contributed by atoms with Crippen molar-refractivity contribution in [3.05, 3.63) is 0 Å². The smallest absolute Gasteiger partial charge is 0.250 e. The van der Waals surface area contributed by atoms with Crippen LogP contribution in [0.25, 0.3) is 0 Å². The zero-order valence-corrected chi connectivity index (χ0v) is 6.29. The van der Waals surface area contributed by atoms with E-state index in [0.29, 0.717) is 6.42 Å². The summed E-state index contributed by atoms with van der Waals surface area (Å²) < 4.78 is 0. The van der Waals surface area contributed by atoms with Crippen molar-refractivity contribution in [1.29, 1.82) is 0 Å². The van der Waals surface area contributed by atoms with Crippen molar-refractivity contribution in [3.8, 4) is 0 Å². The highest BCUT2D eigenvalue weighted by atomic mass is 16.3. The molecular formula is C6H14N2O2. The van der Waals surface area contributed by atoms with E-state index in [0.717, 1.165) is 0 Å². The lowest BCUT2D eigenvalue weighted by molar-refractivity contribution is -0.129. The molecule has 2 atom stereocenters. The molecule has 0 radical (unpaired) electrons. The molecule has 2 unspecified atom stereocenters. The molecule has 0 bridgehead atoms. The second-order valence-corrected chi connectivity index (χ2v) is 2.13. The first-order valence-electron chi connectivity index (χ1n) is 3.28. The van der Waals surface area contributed by atoms with Crippen molar-refractivity contribution in [2.24, 2.45) is 5.73 Å². The van der Waals surface area contributed by atoms with Crippen molar-refractivity contribution in [1.82, 2.24) is 5.32 Å². The van der Waals surface area contributed by atoms with Gasteiger partial charge < -0.3 is 16.2 Å². The third kappa shape index (κ3) is 2.33. The Balaban J connectivity index is 3.81. The lowest BCUT2D eigenvalue weighted by Crippen LogP contribution is -2.44. The van der Waals surface area contributed by atoms with Gasteiger partial charge >= 0.3 is 0 Å². The molecule has 0 aromatic carbocycles. The highest BCUT2D eigenvalue weighted by Gasteiger charge is 2.19. The van der Waals surface area contributed by atoms with E-state index in [4.69, 9.17) is 10.8 Å². The molecule has 0 aliphatic carbocycles. The van der Waals surface area contributed by atoms with Crippen LogP contribution in [0.4, 0.5) is 0 Å². The quantitative estimate of drug-likeness (QED) is 0.469. The van der Waals surface area contributed by atoms with Gasteiger partial charge in [-0.25, -0.2) is 0 Å². The molecule has 4 heteroatoms. The second-order valence-electron chi connectivity index (χ2n) is 2.13. The van der Waals surface area contributed by atoms with Gasteiger partial charge in [0.05, 0.1) is 0 Å². The third-order valence-electron chi connectivity index (χ3n) is 1.39. The molecule has 0 aromatic heterocycles. The summed E-state index contributed by atoms with van der Waals surface area (Å²) in [4.78, 5) is 10.7. The van der Waals surface area contributed by atoms with E-state index in [1.165, 1.54) is 7.05 Å². The van der Waals surface area contributed by atoms with Gasteiger partial charge in [-0.3, -0.25) is 4.79 Å². The highest BCUT2D eigenvalue weighted by molar-refractivity contribution is 5.80. The minimum atomic E-state index is -1.07. The number of hydrogen-bond acceptors (Lipinski definition) is 3. The summed E-state index contributed by atoms with van der Waals surface area (Å²) in [5.41, 5.74) is 5.38. The maximum Gasteiger partial charge on any atom is 0.250 e. The third-order valence-corrected chi connectivity index (χ3v) is 1.39. The van der Waals surface area contributed by atoms with Crippen LogP contribution in [0.15, 0.2) is 0 Å². The molecule has 0 heterocycles. The number of aliphatic hydroxyl groups is 1. The van der Waals surface area contributed by atoms with Crippen LogP contribution in [-0.2, 0) is 4.79 Å². The van der Waals surface area contributed by atoms with Gasteiger partial charge in [0.2, 0.25) is 5.91 Å². The van der Waals surface area contributed by atoms with Crippen LogP contribution in [-0.4, -0.2) is 30.2 Å². The predicted molar refractivity (Wildman–Crippen MR) is 38.3 cm³/mol. The van der Waals surface area contributed by atoms with Crippen LogP contribution >= 0.6 is 0 Å². The monoisotopic (exact) mass is 146 g/mol. The Bertz CT molecular complexity index is 116. The maximum absolute atomic E-state index is 10.7. The minimum Gasteiger partial charge on any atom is -0.382 e. The number of carbonyl (C=O) groups excluding carboxylic acids is 1. The van der Waals surface area contributed by atoms with Gasteiger partial charge in [-0.2, -0.15) is 0 Å². The van der Waals surface area contributed by atoms with Gasteiger partial charge in [-0.05, 0) is 6.42 Å². The van der Waals surface area contributed by atoms with E-state index in [-0.39, 0.29) is 0 Å². The number of likely N-dealkylation sites (N-methyl/N-ethyl adjacent to an activating group) is 1. The Morgan fingerprint density at radius 1 is 1.80 bits per heavy atom. The summed E-state index contributed by atoms with van der Waals surface area (Å²) in [6, 6.07) is -0.458. The fraction of sp³-hybridized carbons (Fsp3) is 0.833. The van der Waals surface area contributed by atoms with E-state index in [9.17, 15) is 4.79 Å². The molecule has 4 N–H and O–H groups in total. The summed E-state index contributed by atoms with van der Waals surface area (Å²) >= 11 is 0. The number of amides is 1. The standard InChI is InChI=1S/C6H14N2O2/c1-3-4(7)5(9)6(10)8-2/h4-5,9H,3,7H2,1-2H3,(H,8,10). The average Bonchev–Trinajstić information content (AvgIpc) is 2.00. The van der Waals surface area contributed by atoms with Gasteiger partial charge in [-0.15, -0.1) is 0 Å². The Hall–Kier alpha value is -0.610. The van der Waals surface area contributed by atoms with E-state index in [1.807, 2.05) is 6.92 Å². The van der Waals surface area contributed by atoms with E-state index in [1.54, 1.807) is 0 Å². The van der Waals surface area contributed by atoms with Crippen molar-refractivity contribution in [2.45, 2.75) is 25.5 Å². The molecule has 0 saturated carbocycles. The van der Waals surface area contributed by atoms with Gasteiger partial charge in [-0.1, -0.05) is 6.92 Å². The van der Waals surface area contributed by atoms with Crippen LogP contribution in [0.3, 0.4) is 0 Å². The molecule has 10 heavy (non-hydrogen) atoms. The van der Waals surface area contributed by atoms with Gasteiger partial charge in [0.15, 0.2) is 0 Å². The van der Waals surface area contributed by atoms with Crippen LogP contribution in [0, 0.1) is 0 Å². The Morgan fingerprint density at radius 2 is 2.30 bits per heavy atom. The number of carbonyl (C=O) groups is 1. The summed E-state index contributed by atoms with van der Waals surface area (Å²) in [5, 5.41) is 11.4. The summed E-state index contributed by atoms with van der Waals surface area (Å²) in [6.45, 7) is 1.82. The molecule has 0 aliphatic heterocycles. The second kappa shape index (κ2) is 4.24. The van der Waals surface area contributed by atoms with Gasteiger partial charge in [0.1, 0.15) is 6.10 Å². The first-order valence-corrected chi connectivity index (χ1v) is 3.28. The van der Waals surface area contributed by atoms with Gasteiger partial charge in [0.25, 0.3) is 0 Å². The van der Waals surface area contributed by atoms with Gasteiger partial charge in [0, 0.05) is 13.1 Å². The van der Waals surface area contributed by atoms with Crippen LogP contribution in [0.2, 0.25) is 0 Å². The summed E-state index contributed by atoms with van der Waals surface area (Å²) in [7, 11) is 1.47. The molecule has 4 nitrogen and oxygen atoms in total. The number of nitrogens with two attached hydrogens (primary N) is 1. The maximum atomic E-state index is 10.7. The average molecular weight is 146 g/mol. The molecular weight excluding hydrogens is 132 g/mol. The topological polar surface area (TPSA) is 75.3 Å². The Morgan fingerprint density at radius 3 is 2.60 bits per heavy atom. The Kier molecular flexibility index (Phi) is 3.99. The fourth-order valence-electron chi connectivity index (χ4n) is 0.566. The molecule has 0 spiro atoms. The molecule has 0 saturated heterocycles. The first kappa shape index (κ1) is 9.39. The zero-order valence-electron chi connectivity index (χ0n) is 6.29. The Labute approximate surface area is 60.4 Å². The highest BCUT2D eigenvalue weighted by Crippen LogP contribution is 1.93. The van der Waals surface area contributed by atoms with Crippen molar-refractivity contribution >= 4 is 5.91 Å². The molecule has 60 valence electrons. The van der Waals surface area contributed by atoms with Crippen LogP contribution < -0.4 is 11.1 Å². The van der Waals surface area contributed by atoms with Crippen LogP contribution in [0.5, 0.6) is 0 Å². The normalized spacial score (nSPS) is 16.0. The van der Waals surface area contributed by atoms with Crippen molar-refractivity contribution < 1.29 is 9.90 Å². The minimum absolute atomic E-state index is 0.422. The number of hydrogen-bond donors (Lipinski definition) is 3. The predicted octanol–water partition coefficient (Wildman–Crippen LogP) is -1.17. The fourth-order valence-corrected chi connectivity index (χ4v) is 0.566. The number of nitrogens with one attached hydrogen (secondary N) is 1. The molecule has 1 amide bonds. The van der Waals surface area contributed by atoms with Crippen molar-refractivity contribution in [3.63, 3.8) is 0 Å². The lowest BCUT2D eigenvalue weighted by Gasteiger charge is -2.14. The molecule has 0 aromatic rings.